The zero-order valence-corrected chi connectivity index (χ0v) is 11.7. The molecule has 0 radical (unpaired) electrons. The van der Waals surface area contributed by atoms with Crippen molar-refractivity contribution in [3.63, 3.8) is 0 Å². The molecule has 4 unspecified atom stereocenters. The van der Waals surface area contributed by atoms with Gasteiger partial charge in [-0.1, -0.05) is 13.8 Å². The molecule has 0 spiro atoms. The van der Waals surface area contributed by atoms with Gasteiger partial charge in [0.05, 0.1) is 6.42 Å². The first-order valence-electron chi connectivity index (χ1n) is 6.69. The summed E-state index contributed by atoms with van der Waals surface area (Å²) in [5.41, 5.74) is 5.96. The van der Waals surface area contributed by atoms with Crippen molar-refractivity contribution in [1.82, 2.24) is 4.90 Å². The van der Waals surface area contributed by atoms with Gasteiger partial charge in [0.15, 0.2) is 0 Å². The molecule has 1 saturated carbocycles. The van der Waals surface area contributed by atoms with Gasteiger partial charge in [0.2, 0.25) is 5.91 Å². The molecule has 1 rings (SSSR count). The van der Waals surface area contributed by atoms with E-state index in [9.17, 15) is 18.0 Å². The van der Waals surface area contributed by atoms with Crippen LogP contribution in [0.5, 0.6) is 0 Å². The summed E-state index contributed by atoms with van der Waals surface area (Å²) in [6.07, 6.45) is -3.77. The molecule has 0 heterocycles. The number of amides is 1. The van der Waals surface area contributed by atoms with Gasteiger partial charge in [-0.15, -0.1) is 0 Å². The minimum atomic E-state index is -4.22. The van der Waals surface area contributed by atoms with E-state index in [0.717, 1.165) is 6.42 Å². The van der Waals surface area contributed by atoms with Gasteiger partial charge in [-0.05, 0) is 24.7 Å². The minimum absolute atomic E-state index is 0.0406. The van der Waals surface area contributed by atoms with Crippen LogP contribution in [0, 0.1) is 17.8 Å². The van der Waals surface area contributed by atoms with E-state index in [1.165, 1.54) is 11.9 Å². The number of nitrogens with two attached hydrogens (primary N) is 1. The maximum Gasteiger partial charge on any atom is 0.390 e. The van der Waals surface area contributed by atoms with E-state index in [4.69, 9.17) is 5.73 Å². The van der Waals surface area contributed by atoms with Gasteiger partial charge in [0.25, 0.3) is 0 Å². The second-order valence-corrected chi connectivity index (χ2v) is 5.82. The zero-order chi connectivity index (χ0) is 14.8. The lowest BCUT2D eigenvalue weighted by molar-refractivity contribution is -0.148. The Labute approximate surface area is 112 Å². The van der Waals surface area contributed by atoms with Gasteiger partial charge in [-0.2, -0.15) is 13.2 Å². The summed E-state index contributed by atoms with van der Waals surface area (Å²) in [7, 11) is 1.43. The van der Waals surface area contributed by atoms with Crippen LogP contribution in [0.2, 0.25) is 0 Å². The summed E-state index contributed by atoms with van der Waals surface area (Å²) in [6.45, 7) is 3.74. The first-order valence-corrected chi connectivity index (χ1v) is 6.69. The second-order valence-electron chi connectivity index (χ2n) is 5.82. The number of carbonyl (C=O) groups excluding carboxylic acids is 1. The average Bonchev–Trinajstić information content (AvgIpc) is 2.29. The molecule has 0 aromatic rings. The highest BCUT2D eigenvalue weighted by atomic mass is 19.4. The van der Waals surface area contributed by atoms with Gasteiger partial charge >= 0.3 is 6.18 Å². The third-order valence-electron chi connectivity index (χ3n) is 4.11. The van der Waals surface area contributed by atoms with Gasteiger partial charge < -0.3 is 10.6 Å². The highest BCUT2D eigenvalue weighted by molar-refractivity contribution is 5.79. The Bertz CT molecular complexity index is 320. The fourth-order valence-electron chi connectivity index (χ4n) is 2.72. The normalized spacial score (nSPS) is 32.2. The van der Waals surface area contributed by atoms with Crippen LogP contribution in [0.4, 0.5) is 13.2 Å². The summed E-state index contributed by atoms with van der Waals surface area (Å²) in [6, 6.07) is -0.0406. The van der Waals surface area contributed by atoms with Crippen LogP contribution in [0.15, 0.2) is 0 Å². The topological polar surface area (TPSA) is 46.3 Å². The zero-order valence-electron chi connectivity index (χ0n) is 11.7. The van der Waals surface area contributed by atoms with Crippen LogP contribution in [0.3, 0.4) is 0 Å². The standard InChI is InChI=1S/C13H23F3N2O/c1-8-6-9(2)11(17)7-10(8)12(19)18(3)5-4-13(14,15)16/h8-11H,4-7,17H2,1-3H3. The predicted molar refractivity (Wildman–Crippen MR) is 67.3 cm³/mol. The van der Waals surface area contributed by atoms with Crippen molar-refractivity contribution >= 4 is 5.91 Å². The summed E-state index contributed by atoms with van der Waals surface area (Å²) >= 11 is 0. The molecule has 1 amide bonds. The number of halogens is 3. The first kappa shape index (κ1) is 16.3. The molecule has 6 heteroatoms. The fraction of sp³-hybridized carbons (Fsp3) is 0.923. The molecule has 1 fully saturated rings. The quantitative estimate of drug-likeness (QED) is 0.863. The number of hydrogen-bond acceptors (Lipinski definition) is 2. The van der Waals surface area contributed by atoms with E-state index in [1.54, 1.807) is 0 Å². The summed E-state index contributed by atoms with van der Waals surface area (Å²) in [4.78, 5) is 13.4. The molecule has 112 valence electrons. The van der Waals surface area contributed by atoms with Crippen molar-refractivity contribution in [3.8, 4) is 0 Å². The van der Waals surface area contributed by atoms with Crippen molar-refractivity contribution in [2.45, 2.75) is 45.3 Å². The molecule has 0 aromatic heterocycles. The van der Waals surface area contributed by atoms with Gasteiger partial charge in [0.1, 0.15) is 0 Å². The van der Waals surface area contributed by atoms with E-state index in [2.05, 4.69) is 6.92 Å². The minimum Gasteiger partial charge on any atom is -0.345 e. The monoisotopic (exact) mass is 280 g/mol. The molecular formula is C13H23F3N2O. The molecule has 0 saturated heterocycles. The Hall–Kier alpha value is -0.780. The Morgan fingerprint density at radius 3 is 2.37 bits per heavy atom. The molecule has 4 atom stereocenters. The molecule has 1 aliphatic rings. The van der Waals surface area contributed by atoms with E-state index in [0.29, 0.717) is 12.3 Å². The average molecular weight is 280 g/mol. The lowest BCUT2D eigenvalue weighted by atomic mass is 9.72. The number of alkyl halides is 3. The van der Waals surface area contributed by atoms with Crippen LogP contribution in [-0.2, 0) is 4.79 Å². The highest BCUT2D eigenvalue weighted by Gasteiger charge is 2.37. The third-order valence-corrected chi connectivity index (χ3v) is 4.11. The van der Waals surface area contributed by atoms with E-state index < -0.39 is 12.6 Å². The molecule has 0 bridgehead atoms. The van der Waals surface area contributed by atoms with Crippen LogP contribution in [-0.4, -0.2) is 36.6 Å². The van der Waals surface area contributed by atoms with Gasteiger partial charge in [-0.3, -0.25) is 4.79 Å². The highest BCUT2D eigenvalue weighted by Crippen LogP contribution is 2.34. The van der Waals surface area contributed by atoms with Crippen molar-refractivity contribution in [1.29, 1.82) is 0 Å². The first-order chi connectivity index (χ1) is 8.61. The van der Waals surface area contributed by atoms with E-state index >= 15 is 0 Å². The maximum absolute atomic E-state index is 12.2. The molecule has 3 nitrogen and oxygen atoms in total. The fourth-order valence-corrected chi connectivity index (χ4v) is 2.72. The van der Waals surface area contributed by atoms with Gasteiger partial charge in [-0.25, -0.2) is 0 Å². The summed E-state index contributed by atoms with van der Waals surface area (Å²) < 4.78 is 36.5. The SMILES string of the molecule is CC1CC(C)C(C(=O)N(C)CCC(F)(F)F)CC1N. The van der Waals surface area contributed by atoms with Crippen molar-refractivity contribution in [3.05, 3.63) is 0 Å². The van der Waals surface area contributed by atoms with Gasteiger partial charge in [0, 0.05) is 25.6 Å². The van der Waals surface area contributed by atoms with Crippen LogP contribution < -0.4 is 5.73 Å². The smallest absolute Gasteiger partial charge is 0.345 e. The molecular weight excluding hydrogens is 257 g/mol. The van der Waals surface area contributed by atoms with Crippen LogP contribution in [0.1, 0.15) is 33.1 Å². The van der Waals surface area contributed by atoms with E-state index in [1.807, 2.05) is 6.92 Å². The van der Waals surface area contributed by atoms with Crippen LogP contribution in [0.25, 0.3) is 0 Å². The lowest BCUT2D eigenvalue weighted by Gasteiger charge is -2.37. The van der Waals surface area contributed by atoms with Crippen molar-refractivity contribution in [2.75, 3.05) is 13.6 Å². The van der Waals surface area contributed by atoms with Crippen molar-refractivity contribution in [2.24, 2.45) is 23.5 Å². The molecule has 2 N–H and O–H groups in total. The number of nitrogens with zero attached hydrogens (tertiary/aromatic N) is 1. The Kier molecular flexibility index (Phi) is 5.24. The van der Waals surface area contributed by atoms with Crippen LogP contribution >= 0.6 is 0 Å². The molecule has 0 aromatic carbocycles. The molecule has 19 heavy (non-hydrogen) atoms. The number of carbonyl (C=O) groups is 1. The predicted octanol–water partition coefficient (Wildman–Crippen LogP) is 2.41. The Morgan fingerprint density at radius 2 is 1.84 bits per heavy atom. The Balaban J connectivity index is 2.56. The van der Waals surface area contributed by atoms with E-state index in [-0.39, 0.29) is 30.3 Å². The largest absolute Gasteiger partial charge is 0.390 e. The Morgan fingerprint density at radius 1 is 1.26 bits per heavy atom. The molecule has 0 aliphatic heterocycles. The van der Waals surface area contributed by atoms with Crippen molar-refractivity contribution < 1.29 is 18.0 Å². The summed E-state index contributed by atoms with van der Waals surface area (Å²) in [5, 5.41) is 0. The molecule has 1 aliphatic carbocycles. The summed E-state index contributed by atoms with van der Waals surface area (Å²) in [5.74, 6) is 0.0821. The maximum atomic E-state index is 12.2. The third kappa shape index (κ3) is 4.67. The lowest BCUT2D eigenvalue weighted by Crippen LogP contribution is -2.46. The number of rotatable bonds is 3. The second kappa shape index (κ2) is 6.11. The number of hydrogen-bond donors (Lipinski definition) is 1.